The van der Waals surface area contributed by atoms with Crippen LogP contribution in [-0.4, -0.2) is 12.6 Å². The molecule has 0 aromatic carbocycles. The molecule has 0 aliphatic heterocycles. The van der Waals surface area contributed by atoms with E-state index in [-0.39, 0.29) is 0 Å². The third-order valence-electron chi connectivity index (χ3n) is 4.51. The average Bonchev–Trinajstić information content (AvgIpc) is 2.49. The number of unbranched alkanes of at least 4 members (excludes halogenated alkanes) is 13. The molecule has 0 aliphatic carbocycles. The molecular weight excluding hydrogens is 282 g/mol. The van der Waals surface area contributed by atoms with Gasteiger partial charge in [0, 0.05) is 0 Å². The number of isocyanates is 1. The zero-order chi connectivity index (χ0) is 17.2. The zero-order valence-corrected chi connectivity index (χ0v) is 16.2. The third kappa shape index (κ3) is 21.4. The summed E-state index contributed by atoms with van der Waals surface area (Å²) in [6.07, 6.45) is 22.1. The molecule has 0 aliphatic rings. The molecule has 0 aromatic heterocycles. The molecule has 0 unspecified atom stereocenters. The normalized spacial score (nSPS) is 11.4. The minimum Gasteiger partial charge on any atom is -0.211 e. The van der Waals surface area contributed by atoms with E-state index in [2.05, 4.69) is 25.8 Å². The van der Waals surface area contributed by atoms with E-state index in [0.29, 0.717) is 12.0 Å². The average molecular weight is 324 g/mol. The molecule has 0 radical (unpaired) electrons. The molecule has 0 rings (SSSR count). The van der Waals surface area contributed by atoms with Gasteiger partial charge >= 0.3 is 0 Å². The molecule has 0 aromatic rings. The molecule has 0 saturated heterocycles. The van der Waals surface area contributed by atoms with Crippen LogP contribution < -0.4 is 0 Å². The summed E-state index contributed by atoms with van der Waals surface area (Å²) < 4.78 is 0. The van der Waals surface area contributed by atoms with Gasteiger partial charge < -0.3 is 0 Å². The first kappa shape index (κ1) is 22.4. The van der Waals surface area contributed by atoms with Gasteiger partial charge in [-0.1, -0.05) is 104 Å². The van der Waals surface area contributed by atoms with Crippen LogP contribution in [0.1, 0.15) is 117 Å². The minimum atomic E-state index is 0.517. The summed E-state index contributed by atoms with van der Waals surface area (Å²) in [5.74, 6) is 0. The van der Waals surface area contributed by atoms with Crippen LogP contribution in [-0.2, 0) is 4.79 Å². The zero-order valence-electron chi connectivity index (χ0n) is 16.2. The molecule has 2 heteroatoms. The summed E-state index contributed by atoms with van der Waals surface area (Å²) in [6, 6.07) is 0. The van der Waals surface area contributed by atoms with Crippen molar-refractivity contribution in [3.63, 3.8) is 0 Å². The quantitative estimate of drug-likeness (QED) is 0.167. The van der Waals surface area contributed by atoms with Gasteiger partial charge in [-0.05, 0) is 18.3 Å². The highest BCUT2D eigenvalue weighted by atomic mass is 16.1. The van der Waals surface area contributed by atoms with Crippen molar-refractivity contribution < 1.29 is 4.79 Å². The number of rotatable bonds is 16. The van der Waals surface area contributed by atoms with Crippen LogP contribution in [0.2, 0.25) is 0 Å². The van der Waals surface area contributed by atoms with E-state index in [1.165, 1.54) is 89.9 Å². The van der Waals surface area contributed by atoms with Gasteiger partial charge in [-0.2, -0.15) is 0 Å². The van der Waals surface area contributed by atoms with E-state index in [0.717, 1.165) is 6.42 Å². The fraction of sp³-hybridized carbons (Fsp3) is 0.952. The molecule has 0 amide bonds. The van der Waals surface area contributed by atoms with Crippen molar-refractivity contribution in [1.82, 2.24) is 0 Å². The van der Waals surface area contributed by atoms with Gasteiger partial charge in [0.25, 0.3) is 0 Å². The van der Waals surface area contributed by atoms with E-state index in [1.54, 1.807) is 6.08 Å². The Morgan fingerprint density at radius 2 is 0.957 bits per heavy atom. The Labute approximate surface area is 145 Å². The second-order valence-corrected chi connectivity index (χ2v) is 8.23. The van der Waals surface area contributed by atoms with E-state index in [4.69, 9.17) is 0 Å². The maximum absolute atomic E-state index is 9.90. The van der Waals surface area contributed by atoms with Crippen molar-refractivity contribution in [2.45, 2.75) is 117 Å². The molecule has 0 spiro atoms. The number of aliphatic imine (C=N–C) groups is 1. The number of hydrogen-bond donors (Lipinski definition) is 0. The standard InChI is InChI=1S/C21H41NO/c1-21(2,3)18-16-14-12-10-8-6-4-5-7-9-11-13-15-17-19-22-20-23/h4-19H2,1-3H3. The Hall–Kier alpha value is -0.620. The fourth-order valence-electron chi connectivity index (χ4n) is 3.01. The topological polar surface area (TPSA) is 29.4 Å². The largest absolute Gasteiger partial charge is 0.234 e. The molecule has 0 saturated carbocycles. The van der Waals surface area contributed by atoms with Crippen LogP contribution in [0.15, 0.2) is 4.99 Å². The Kier molecular flexibility index (Phi) is 15.8. The number of hydrogen-bond acceptors (Lipinski definition) is 2. The molecule has 2 nitrogen and oxygen atoms in total. The summed E-state index contributed by atoms with van der Waals surface area (Å²) in [4.78, 5) is 13.5. The van der Waals surface area contributed by atoms with Gasteiger partial charge in [0.15, 0.2) is 0 Å². The Bertz CT molecular complexity index is 287. The fourth-order valence-corrected chi connectivity index (χ4v) is 3.01. The second kappa shape index (κ2) is 16.2. The monoisotopic (exact) mass is 323 g/mol. The van der Waals surface area contributed by atoms with Crippen molar-refractivity contribution in [3.05, 3.63) is 0 Å². The van der Waals surface area contributed by atoms with Crippen LogP contribution in [0.5, 0.6) is 0 Å². The van der Waals surface area contributed by atoms with Gasteiger partial charge in [0.05, 0.1) is 6.54 Å². The van der Waals surface area contributed by atoms with E-state index < -0.39 is 0 Å². The first-order chi connectivity index (χ1) is 11.1. The lowest BCUT2D eigenvalue weighted by Crippen LogP contribution is -2.03. The third-order valence-corrected chi connectivity index (χ3v) is 4.51. The van der Waals surface area contributed by atoms with Crippen molar-refractivity contribution in [2.24, 2.45) is 10.4 Å². The van der Waals surface area contributed by atoms with Crippen molar-refractivity contribution in [1.29, 1.82) is 0 Å². The summed E-state index contributed by atoms with van der Waals surface area (Å²) >= 11 is 0. The van der Waals surface area contributed by atoms with E-state index in [9.17, 15) is 4.79 Å². The predicted molar refractivity (Wildman–Crippen MR) is 102 cm³/mol. The van der Waals surface area contributed by atoms with Crippen LogP contribution in [0.3, 0.4) is 0 Å². The highest BCUT2D eigenvalue weighted by Gasteiger charge is 2.08. The lowest BCUT2D eigenvalue weighted by molar-refractivity contribution is 0.356. The number of carbonyl (C=O) groups excluding carboxylic acids is 1. The second-order valence-electron chi connectivity index (χ2n) is 8.23. The smallest absolute Gasteiger partial charge is 0.211 e. The van der Waals surface area contributed by atoms with Crippen molar-refractivity contribution in [3.8, 4) is 0 Å². The van der Waals surface area contributed by atoms with Gasteiger partial charge in [-0.25, -0.2) is 9.79 Å². The van der Waals surface area contributed by atoms with Crippen LogP contribution in [0.25, 0.3) is 0 Å². The Morgan fingerprint density at radius 1 is 0.609 bits per heavy atom. The van der Waals surface area contributed by atoms with Gasteiger partial charge in [-0.3, -0.25) is 0 Å². The summed E-state index contributed by atoms with van der Waals surface area (Å²) in [5, 5.41) is 0. The highest BCUT2D eigenvalue weighted by molar-refractivity contribution is 5.32. The van der Waals surface area contributed by atoms with Gasteiger partial charge in [0.1, 0.15) is 0 Å². The van der Waals surface area contributed by atoms with Crippen LogP contribution >= 0.6 is 0 Å². The predicted octanol–water partition coefficient (Wildman–Crippen LogP) is 7.22. The van der Waals surface area contributed by atoms with E-state index >= 15 is 0 Å². The molecule has 0 bridgehead atoms. The Morgan fingerprint density at radius 3 is 1.30 bits per heavy atom. The molecule has 0 N–H and O–H groups in total. The summed E-state index contributed by atoms with van der Waals surface area (Å²) in [6.45, 7) is 7.69. The van der Waals surface area contributed by atoms with E-state index in [1.807, 2.05) is 0 Å². The highest BCUT2D eigenvalue weighted by Crippen LogP contribution is 2.22. The maximum Gasteiger partial charge on any atom is 0.234 e. The molecular formula is C21H41NO. The first-order valence-corrected chi connectivity index (χ1v) is 10.1. The van der Waals surface area contributed by atoms with Crippen molar-refractivity contribution >= 4 is 6.08 Å². The maximum atomic E-state index is 9.90. The molecule has 0 heterocycles. The number of nitrogens with zero attached hydrogens (tertiary/aromatic N) is 1. The lowest BCUT2D eigenvalue weighted by Gasteiger charge is -2.17. The summed E-state index contributed by atoms with van der Waals surface area (Å²) in [7, 11) is 0. The van der Waals surface area contributed by atoms with Crippen molar-refractivity contribution in [2.75, 3.05) is 6.54 Å². The summed E-state index contributed by atoms with van der Waals surface area (Å²) in [5.41, 5.74) is 0.517. The molecule has 0 fully saturated rings. The molecule has 23 heavy (non-hydrogen) atoms. The lowest BCUT2D eigenvalue weighted by atomic mass is 9.89. The first-order valence-electron chi connectivity index (χ1n) is 10.1. The van der Waals surface area contributed by atoms with Crippen LogP contribution in [0.4, 0.5) is 0 Å². The SMILES string of the molecule is CC(C)(C)CCCCCCCCCCCCCCCCN=C=O. The minimum absolute atomic E-state index is 0.517. The van der Waals surface area contributed by atoms with Crippen LogP contribution in [0, 0.1) is 5.41 Å². The molecule has 0 atom stereocenters. The van der Waals surface area contributed by atoms with Gasteiger partial charge in [0.2, 0.25) is 6.08 Å². The van der Waals surface area contributed by atoms with Gasteiger partial charge in [-0.15, -0.1) is 0 Å². The Balaban J connectivity index is 3.04. The molecule has 136 valence electrons.